The Morgan fingerprint density at radius 2 is 2.00 bits per heavy atom. The van der Waals surface area contributed by atoms with E-state index in [-0.39, 0.29) is 13.0 Å². The van der Waals surface area contributed by atoms with Crippen LogP contribution in [0.1, 0.15) is 6.42 Å². The molecule has 1 rings (SSSR count). The molecule has 1 unspecified atom stereocenters. The third-order valence-corrected chi connectivity index (χ3v) is 3.62. The first kappa shape index (κ1) is 14.6. The van der Waals surface area contributed by atoms with Crippen LogP contribution in [0.4, 0.5) is 4.39 Å². The lowest BCUT2D eigenvalue weighted by Gasteiger charge is -2.08. The molecule has 0 amide bonds. The molecule has 0 bridgehead atoms. The van der Waals surface area contributed by atoms with Crippen LogP contribution in [-0.2, 0) is 14.8 Å². The summed E-state index contributed by atoms with van der Waals surface area (Å²) in [5.74, 6) is -2.34. The van der Waals surface area contributed by atoms with Gasteiger partial charge < -0.3 is 10.2 Å². The monoisotopic (exact) mass is 277 g/mol. The molecule has 0 heterocycles. The summed E-state index contributed by atoms with van der Waals surface area (Å²) in [6.45, 7) is -0.301. The van der Waals surface area contributed by atoms with E-state index in [1.54, 1.807) is 0 Å². The van der Waals surface area contributed by atoms with Gasteiger partial charge in [-0.15, -0.1) is 0 Å². The van der Waals surface area contributed by atoms with Crippen molar-refractivity contribution >= 4 is 16.0 Å². The quantitative estimate of drug-likeness (QED) is 0.676. The fourth-order valence-electron chi connectivity index (χ4n) is 1.19. The molecule has 8 heteroatoms. The molecule has 0 aliphatic carbocycles. The number of hydrogen-bond donors (Lipinski definition) is 3. The van der Waals surface area contributed by atoms with E-state index >= 15 is 0 Å². The molecule has 6 nitrogen and oxygen atoms in total. The van der Waals surface area contributed by atoms with E-state index in [1.807, 2.05) is 4.72 Å². The van der Waals surface area contributed by atoms with Crippen molar-refractivity contribution in [1.29, 1.82) is 0 Å². The van der Waals surface area contributed by atoms with Crippen molar-refractivity contribution in [2.24, 2.45) is 0 Å². The molecule has 0 saturated carbocycles. The molecule has 1 aromatic rings. The zero-order chi connectivity index (χ0) is 13.8. The van der Waals surface area contributed by atoms with Gasteiger partial charge in [-0.3, -0.25) is 0 Å². The summed E-state index contributed by atoms with van der Waals surface area (Å²) in [5, 5.41) is 17.3. The standard InChI is InChI=1S/C10H12FNO5S/c11-7-3-1-2-4-9(7)18(16,17)12-6-5-8(13)10(14)15/h1-4,8,12-13H,5-6H2,(H,14,15). The van der Waals surface area contributed by atoms with Gasteiger partial charge in [0, 0.05) is 6.54 Å². The van der Waals surface area contributed by atoms with Crippen LogP contribution in [0, 0.1) is 5.82 Å². The van der Waals surface area contributed by atoms with Gasteiger partial charge in [-0.2, -0.15) is 0 Å². The SMILES string of the molecule is O=C(O)C(O)CCNS(=O)(=O)c1ccccc1F. The van der Waals surface area contributed by atoms with Crippen molar-refractivity contribution in [2.45, 2.75) is 17.4 Å². The lowest BCUT2D eigenvalue weighted by Crippen LogP contribution is -2.30. The number of aliphatic hydroxyl groups is 1. The van der Waals surface area contributed by atoms with Gasteiger partial charge in [0.15, 0.2) is 6.10 Å². The molecular formula is C10H12FNO5S. The highest BCUT2D eigenvalue weighted by Gasteiger charge is 2.19. The number of carboxylic acids is 1. The van der Waals surface area contributed by atoms with Crippen molar-refractivity contribution in [1.82, 2.24) is 4.72 Å². The summed E-state index contributed by atoms with van der Waals surface area (Å²) < 4.78 is 38.5. The minimum atomic E-state index is -4.04. The third-order valence-electron chi connectivity index (χ3n) is 2.12. The van der Waals surface area contributed by atoms with E-state index in [9.17, 15) is 17.6 Å². The summed E-state index contributed by atoms with van der Waals surface area (Å²) in [7, 11) is -4.04. The molecule has 3 N–H and O–H groups in total. The lowest BCUT2D eigenvalue weighted by molar-refractivity contribution is -0.146. The molecule has 18 heavy (non-hydrogen) atoms. The summed E-state index contributed by atoms with van der Waals surface area (Å²) in [4.78, 5) is 9.77. The summed E-state index contributed by atoms with van der Waals surface area (Å²) in [6, 6.07) is 4.80. The minimum Gasteiger partial charge on any atom is -0.479 e. The van der Waals surface area contributed by atoms with Crippen molar-refractivity contribution in [3.63, 3.8) is 0 Å². The van der Waals surface area contributed by atoms with Crippen LogP contribution in [0.15, 0.2) is 29.2 Å². The van der Waals surface area contributed by atoms with E-state index in [0.29, 0.717) is 0 Å². The number of rotatable bonds is 6. The van der Waals surface area contributed by atoms with Gasteiger partial charge >= 0.3 is 5.97 Å². The summed E-state index contributed by atoms with van der Waals surface area (Å²) in [6.07, 6.45) is -1.96. The van der Waals surface area contributed by atoms with E-state index in [2.05, 4.69) is 0 Å². The Bertz CT molecular complexity index is 531. The molecule has 0 aliphatic heterocycles. The Morgan fingerprint density at radius 1 is 1.39 bits per heavy atom. The van der Waals surface area contributed by atoms with Gasteiger partial charge in [-0.25, -0.2) is 22.3 Å². The second-order valence-electron chi connectivity index (χ2n) is 3.47. The summed E-state index contributed by atoms with van der Waals surface area (Å²) >= 11 is 0. The predicted octanol–water partition coefficient (Wildman–Crippen LogP) is -0.0604. The van der Waals surface area contributed by atoms with Crippen LogP contribution in [0.5, 0.6) is 0 Å². The number of carboxylic acid groups (broad SMARTS) is 1. The Kier molecular flexibility index (Phi) is 4.76. The van der Waals surface area contributed by atoms with Gasteiger partial charge in [0.25, 0.3) is 0 Å². The van der Waals surface area contributed by atoms with Gasteiger partial charge in [0.1, 0.15) is 10.7 Å². The molecule has 0 aromatic heterocycles. The van der Waals surface area contributed by atoms with Crippen molar-refractivity contribution in [3.8, 4) is 0 Å². The smallest absolute Gasteiger partial charge is 0.332 e. The van der Waals surface area contributed by atoms with Gasteiger partial charge in [0.05, 0.1) is 0 Å². The number of nitrogens with one attached hydrogen (secondary N) is 1. The Hall–Kier alpha value is -1.51. The van der Waals surface area contributed by atoms with Crippen LogP contribution in [0.3, 0.4) is 0 Å². The number of aliphatic carboxylic acids is 1. The van der Waals surface area contributed by atoms with Crippen LogP contribution < -0.4 is 4.72 Å². The molecule has 0 saturated heterocycles. The number of hydrogen-bond acceptors (Lipinski definition) is 4. The van der Waals surface area contributed by atoms with Crippen LogP contribution in [0.25, 0.3) is 0 Å². The minimum absolute atomic E-state index is 0.301. The molecule has 0 fully saturated rings. The van der Waals surface area contributed by atoms with E-state index in [1.165, 1.54) is 12.1 Å². The number of benzene rings is 1. The molecular weight excluding hydrogens is 265 g/mol. The second-order valence-corrected chi connectivity index (χ2v) is 5.21. The largest absolute Gasteiger partial charge is 0.479 e. The second kappa shape index (κ2) is 5.89. The first-order valence-electron chi connectivity index (χ1n) is 4.99. The average Bonchev–Trinajstić information content (AvgIpc) is 2.28. The maximum absolute atomic E-state index is 13.2. The number of carbonyl (C=O) groups is 1. The normalized spacial score (nSPS) is 13.2. The van der Waals surface area contributed by atoms with Crippen molar-refractivity contribution < 1.29 is 27.8 Å². The zero-order valence-corrected chi connectivity index (χ0v) is 10.0. The number of halogens is 1. The number of aliphatic hydroxyl groups excluding tert-OH is 1. The van der Waals surface area contributed by atoms with Crippen LogP contribution in [-0.4, -0.2) is 37.2 Å². The molecule has 1 atom stereocenters. The predicted molar refractivity (Wildman–Crippen MR) is 59.8 cm³/mol. The topological polar surface area (TPSA) is 104 Å². The first-order chi connectivity index (χ1) is 8.34. The lowest BCUT2D eigenvalue weighted by atomic mass is 10.3. The van der Waals surface area contributed by atoms with Crippen molar-refractivity contribution in [2.75, 3.05) is 6.54 Å². The Balaban J connectivity index is 2.67. The van der Waals surface area contributed by atoms with Crippen molar-refractivity contribution in [3.05, 3.63) is 30.1 Å². The highest BCUT2D eigenvalue weighted by Crippen LogP contribution is 2.12. The van der Waals surface area contributed by atoms with Gasteiger partial charge in [0.2, 0.25) is 10.0 Å². The molecule has 100 valence electrons. The third kappa shape index (κ3) is 3.76. The van der Waals surface area contributed by atoms with Crippen LogP contribution in [0.2, 0.25) is 0 Å². The molecule has 1 aromatic carbocycles. The Labute approximate surface area is 103 Å². The van der Waals surface area contributed by atoms with Crippen LogP contribution >= 0.6 is 0 Å². The summed E-state index contributed by atoms with van der Waals surface area (Å²) in [5.41, 5.74) is 0. The van der Waals surface area contributed by atoms with E-state index in [4.69, 9.17) is 10.2 Å². The molecule has 0 aliphatic rings. The average molecular weight is 277 g/mol. The van der Waals surface area contributed by atoms with Gasteiger partial charge in [-0.1, -0.05) is 12.1 Å². The zero-order valence-electron chi connectivity index (χ0n) is 9.21. The maximum atomic E-state index is 13.2. The Morgan fingerprint density at radius 3 is 2.56 bits per heavy atom. The van der Waals surface area contributed by atoms with E-state index in [0.717, 1.165) is 12.1 Å². The molecule has 0 spiro atoms. The number of sulfonamides is 1. The highest BCUT2D eigenvalue weighted by atomic mass is 32.2. The first-order valence-corrected chi connectivity index (χ1v) is 6.48. The fourth-order valence-corrected chi connectivity index (χ4v) is 2.32. The maximum Gasteiger partial charge on any atom is 0.332 e. The van der Waals surface area contributed by atoms with E-state index < -0.39 is 32.8 Å². The highest BCUT2D eigenvalue weighted by molar-refractivity contribution is 7.89. The molecule has 0 radical (unpaired) electrons. The fraction of sp³-hybridized carbons (Fsp3) is 0.300. The van der Waals surface area contributed by atoms with Gasteiger partial charge in [-0.05, 0) is 18.6 Å².